The molecule has 20 heavy (non-hydrogen) atoms. The molecule has 0 spiro atoms. The molecule has 1 aromatic heterocycles. The van der Waals surface area contributed by atoms with Gasteiger partial charge in [-0.1, -0.05) is 5.16 Å². The molecule has 108 valence electrons. The average Bonchev–Trinajstić information content (AvgIpc) is 2.40. The summed E-state index contributed by atoms with van der Waals surface area (Å²) in [6.45, 7) is 8.10. The Morgan fingerprint density at radius 2 is 2.25 bits per heavy atom. The van der Waals surface area contributed by atoms with Gasteiger partial charge in [0, 0.05) is 18.7 Å². The molecular weight excluding hydrogens is 258 g/mol. The van der Waals surface area contributed by atoms with Crippen molar-refractivity contribution in [2.24, 2.45) is 5.16 Å². The maximum absolute atomic E-state index is 9.08. The largest absolute Gasteiger partial charge is 0.479 e. The highest BCUT2D eigenvalue weighted by molar-refractivity contribution is 5.72. The van der Waals surface area contributed by atoms with Crippen LogP contribution in [-0.4, -0.2) is 23.6 Å². The third kappa shape index (κ3) is 5.14. The molecule has 0 aliphatic carbocycles. The lowest BCUT2D eigenvalue weighted by Gasteiger charge is -2.10. The summed E-state index contributed by atoms with van der Waals surface area (Å²) < 4.78 is 10.6. The van der Waals surface area contributed by atoms with Gasteiger partial charge in [0.25, 0.3) is 0 Å². The fraction of sp³-hybridized carbons (Fsp3) is 0.500. The summed E-state index contributed by atoms with van der Waals surface area (Å²) in [5.41, 5.74) is 1.12. The van der Waals surface area contributed by atoms with Crippen molar-refractivity contribution in [3.8, 4) is 11.9 Å². The first-order valence-electron chi connectivity index (χ1n) is 6.41. The molecule has 0 atom stereocenters. The van der Waals surface area contributed by atoms with Gasteiger partial charge in [0.05, 0.1) is 12.7 Å². The Morgan fingerprint density at radius 3 is 2.85 bits per heavy atom. The Kier molecular flexibility index (Phi) is 6.30. The van der Waals surface area contributed by atoms with Crippen LogP contribution in [0, 0.1) is 11.3 Å². The van der Waals surface area contributed by atoms with E-state index in [9.17, 15) is 0 Å². The molecule has 0 amide bonds. The van der Waals surface area contributed by atoms with E-state index >= 15 is 0 Å². The average molecular weight is 277 g/mol. The molecule has 0 saturated heterocycles. The van der Waals surface area contributed by atoms with Crippen LogP contribution in [0.3, 0.4) is 0 Å². The smallest absolute Gasteiger partial charge is 0.231 e. The number of hydrogen-bond acceptors (Lipinski definition) is 6. The topological polar surface area (TPSA) is 76.7 Å². The Labute approximate surface area is 119 Å². The van der Waals surface area contributed by atoms with Crippen LogP contribution < -0.4 is 4.74 Å². The zero-order chi connectivity index (χ0) is 15.0. The third-order valence-corrected chi connectivity index (χ3v) is 2.15. The second-order valence-electron chi connectivity index (χ2n) is 4.29. The molecular formula is C14H19N3O3. The van der Waals surface area contributed by atoms with Gasteiger partial charge < -0.3 is 14.3 Å². The Balaban J connectivity index is 2.69. The van der Waals surface area contributed by atoms with Crippen LogP contribution in [0.2, 0.25) is 0 Å². The van der Waals surface area contributed by atoms with Gasteiger partial charge in [-0.25, -0.2) is 4.98 Å². The van der Waals surface area contributed by atoms with Crippen molar-refractivity contribution >= 4 is 5.90 Å². The van der Waals surface area contributed by atoms with Crippen LogP contribution in [0.1, 0.15) is 38.8 Å². The van der Waals surface area contributed by atoms with Gasteiger partial charge in [0.1, 0.15) is 18.2 Å². The van der Waals surface area contributed by atoms with E-state index in [1.54, 1.807) is 19.2 Å². The highest BCUT2D eigenvalue weighted by Gasteiger charge is 2.08. The monoisotopic (exact) mass is 277 g/mol. The molecule has 0 bridgehead atoms. The lowest BCUT2D eigenvalue weighted by atomic mass is 10.2. The molecule has 0 saturated carbocycles. The van der Waals surface area contributed by atoms with E-state index in [1.165, 1.54) is 0 Å². The number of hydrogen-bond donors (Lipinski definition) is 0. The molecule has 0 N–H and O–H groups in total. The van der Waals surface area contributed by atoms with Gasteiger partial charge in [-0.15, -0.1) is 0 Å². The van der Waals surface area contributed by atoms with Crippen molar-refractivity contribution in [1.29, 1.82) is 5.26 Å². The molecule has 6 nitrogen and oxygen atoms in total. The number of pyridine rings is 1. The lowest BCUT2D eigenvalue weighted by Crippen LogP contribution is -2.08. The molecule has 0 aromatic carbocycles. The van der Waals surface area contributed by atoms with Gasteiger partial charge >= 0.3 is 0 Å². The minimum absolute atomic E-state index is 0.0323. The molecule has 1 aromatic rings. The molecule has 0 radical (unpaired) electrons. The van der Waals surface area contributed by atoms with E-state index in [2.05, 4.69) is 16.2 Å². The number of ether oxygens (including phenoxy) is 2. The minimum atomic E-state index is -0.0323. The highest BCUT2D eigenvalue weighted by Crippen LogP contribution is 2.17. The summed E-state index contributed by atoms with van der Waals surface area (Å²) in [5.74, 6) is 0.793. The van der Waals surface area contributed by atoms with Crippen molar-refractivity contribution < 1.29 is 14.3 Å². The first-order chi connectivity index (χ1) is 9.56. The number of nitrogens with zero attached hydrogens (tertiary/aromatic N) is 3. The zero-order valence-electron chi connectivity index (χ0n) is 12.2. The number of aromatic nitrogens is 1. The number of nitriles is 1. The van der Waals surface area contributed by atoms with Crippen LogP contribution in [0.4, 0.5) is 0 Å². The molecule has 1 rings (SSSR count). The fourth-order valence-corrected chi connectivity index (χ4v) is 1.40. The second-order valence-corrected chi connectivity index (χ2v) is 4.29. The molecule has 0 aliphatic rings. The molecule has 0 aliphatic heterocycles. The van der Waals surface area contributed by atoms with E-state index in [1.807, 2.05) is 20.8 Å². The fourth-order valence-electron chi connectivity index (χ4n) is 1.40. The van der Waals surface area contributed by atoms with E-state index in [-0.39, 0.29) is 12.7 Å². The standard InChI is InChI=1S/C14H19N3O3/c1-5-18-11(4)17-19-9-12-6-13(7-15)14(16-8-12)20-10(2)3/h6,8,10H,5,9H2,1-4H3/b17-11+. The SMILES string of the molecule is CCO/C(C)=N/OCc1cnc(OC(C)C)c(C#N)c1. The van der Waals surface area contributed by atoms with Crippen molar-refractivity contribution in [1.82, 2.24) is 4.98 Å². The maximum Gasteiger partial charge on any atom is 0.231 e. The van der Waals surface area contributed by atoms with Gasteiger partial charge in [-0.05, 0) is 26.8 Å². The van der Waals surface area contributed by atoms with E-state index in [0.717, 1.165) is 5.56 Å². The second kappa shape index (κ2) is 8.00. The van der Waals surface area contributed by atoms with Crippen LogP contribution in [-0.2, 0) is 16.2 Å². The zero-order valence-corrected chi connectivity index (χ0v) is 12.2. The van der Waals surface area contributed by atoms with Crippen LogP contribution in [0.5, 0.6) is 5.88 Å². The van der Waals surface area contributed by atoms with Crippen molar-refractivity contribution in [3.63, 3.8) is 0 Å². The van der Waals surface area contributed by atoms with Gasteiger partial charge in [0.2, 0.25) is 11.8 Å². The van der Waals surface area contributed by atoms with E-state index in [0.29, 0.717) is 23.9 Å². The Hall–Kier alpha value is -2.29. The summed E-state index contributed by atoms with van der Waals surface area (Å²) in [6, 6.07) is 3.73. The quantitative estimate of drug-likeness (QED) is 0.454. The van der Waals surface area contributed by atoms with Crippen molar-refractivity contribution in [2.45, 2.75) is 40.4 Å². The molecule has 1 heterocycles. The third-order valence-electron chi connectivity index (χ3n) is 2.15. The molecule has 0 unspecified atom stereocenters. The Morgan fingerprint density at radius 1 is 1.50 bits per heavy atom. The first kappa shape index (κ1) is 15.8. The van der Waals surface area contributed by atoms with Crippen molar-refractivity contribution in [3.05, 3.63) is 23.4 Å². The Bertz CT molecular complexity index is 507. The van der Waals surface area contributed by atoms with Crippen LogP contribution >= 0.6 is 0 Å². The summed E-state index contributed by atoms with van der Waals surface area (Å²) >= 11 is 0. The first-order valence-corrected chi connectivity index (χ1v) is 6.41. The van der Waals surface area contributed by atoms with Crippen LogP contribution in [0.15, 0.2) is 17.4 Å². The van der Waals surface area contributed by atoms with Gasteiger partial charge in [0.15, 0.2) is 0 Å². The van der Waals surface area contributed by atoms with Gasteiger partial charge in [-0.2, -0.15) is 5.26 Å². The summed E-state index contributed by atoms with van der Waals surface area (Å²) in [6.07, 6.45) is 1.57. The van der Waals surface area contributed by atoms with E-state index in [4.69, 9.17) is 19.6 Å². The molecule has 0 fully saturated rings. The summed E-state index contributed by atoms with van der Waals surface area (Å²) in [5, 5.41) is 12.9. The lowest BCUT2D eigenvalue weighted by molar-refractivity contribution is 0.119. The van der Waals surface area contributed by atoms with Crippen molar-refractivity contribution in [2.75, 3.05) is 6.61 Å². The molecule has 6 heteroatoms. The summed E-state index contributed by atoms with van der Waals surface area (Å²) in [7, 11) is 0. The van der Waals surface area contributed by atoms with Gasteiger partial charge in [-0.3, -0.25) is 0 Å². The van der Waals surface area contributed by atoms with Crippen LogP contribution in [0.25, 0.3) is 0 Å². The maximum atomic E-state index is 9.08. The minimum Gasteiger partial charge on any atom is -0.479 e. The number of rotatable bonds is 6. The predicted molar refractivity (Wildman–Crippen MR) is 74.2 cm³/mol. The predicted octanol–water partition coefficient (Wildman–Crippen LogP) is 2.63. The normalized spacial score (nSPS) is 11.1. The summed E-state index contributed by atoms with van der Waals surface area (Å²) in [4.78, 5) is 9.25. The van der Waals surface area contributed by atoms with E-state index < -0.39 is 0 Å². The number of oxime groups is 1. The highest BCUT2D eigenvalue weighted by atomic mass is 16.6.